The molecule has 0 saturated carbocycles. The number of halogens is 2. The SMILES string of the molecule is O=C(NCCc1cc(Cl)cc(Cl)c1)C1CCNCC1. The zero-order valence-corrected chi connectivity index (χ0v) is 12.2. The van der Waals surface area contributed by atoms with Crippen molar-refractivity contribution in [2.75, 3.05) is 19.6 Å². The van der Waals surface area contributed by atoms with Gasteiger partial charge >= 0.3 is 0 Å². The molecule has 2 N–H and O–H groups in total. The van der Waals surface area contributed by atoms with E-state index in [2.05, 4.69) is 10.6 Å². The van der Waals surface area contributed by atoms with Crippen LogP contribution in [0, 0.1) is 5.92 Å². The molecule has 19 heavy (non-hydrogen) atoms. The first-order valence-corrected chi connectivity index (χ1v) is 7.34. The van der Waals surface area contributed by atoms with Gasteiger partial charge in [-0.05, 0) is 56.1 Å². The minimum Gasteiger partial charge on any atom is -0.356 e. The van der Waals surface area contributed by atoms with Crippen LogP contribution in [-0.4, -0.2) is 25.5 Å². The quantitative estimate of drug-likeness (QED) is 0.897. The fourth-order valence-electron chi connectivity index (χ4n) is 2.31. The zero-order chi connectivity index (χ0) is 13.7. The summed E-state index contributed by atoms with van der Waals surface area (Å²) in [5, 5.41) is 7.50. The van der Waals surface area contributed by atoms with E-state index in [4.69, 9.17) is 23.2 Å². The van der Waals surface area contributed by atoms with Gasteiger partial charge in [-0.1, -0.05) is 23.2 Å². The molecule has 2 rings (SSSR count). The molecular formula is C14H18Cl2N2O. The van der Waals surface area contributed by atoms with Gasteiger partial charge in [0.05, 0.1) is 0 Å². The zero-order valence-electron chi connectivity index (χ0n) is 10.7. The van der Waals surface area contributed by atoms with E-state index >= 15 is 0 Å². The van der Waals surface area contributed by atoms with Crippen molar-refractivity contribution in [1.29, 1.82) is 0 Å². The molecule has 0 aliphatic carbocycles. The van der Waals surface area contributed by atoms with Gasteiger partial charge in [0, 0.05) is 22.5 Å². The molecule has 0 aromatic heterocycles. The molecule has 104 valence electrons. The molecule has 0 radical (unpaired) electrons. The lowest BCUT2D eigenvalue weighted by molar-refractivity contribution is -0.125. The van der Waals surface area contributed by atoms with E-state index in [-0.39, 0.29) is 11.8 Å². The smallest absolute Gasteiger partial charge is 0.223 e. The van der Waals surface area contributed by atoms with Crippen molar-refractivity contribution in [3.63, 3.8) is 0 Å². The Balaban J connectivity index is 1.77. The molecule has 1 aliphatic heterocycles. The third kappa shape index (κ3) is 4.68. The predicted molar refractivity (Wildman–Crippen MR) is 78.8 cm³/mol. The van der Waals surface area contributed by atoms with Crippen LogP contribution in [0.4, 0.5) is 0 Å². The van der Waals surface area contributed by atoms with Gasteiger partial charge in [-0.15, -0.1) is 0 Å². The second-order valence-electron chi connectivity index (χ2n) is 4.84. The highest BCUT2D eigenvalue weighted by Crippen LogP contribution is 2.19. The van der Waals surface area contributed by atoms with Gasteiger partial charge in [-0.3, -0.25) is 4.79 Å². The van der Waals surface area contributed by atoms with Crippen molar-refractivity contribution in [2.45, 2.75) is 19.3 Å². The van der Waals surface area contributed by atoms with Gasteiger partial charge in [0.1, 0.15) is 0 Å². The lowest BCUT2D eigenvalue weighted by atomic mass is 9.97. The highest BCUT2D eigenvalue weighted by atomic mass is 35.5. The van der Waals surface area contributed by atoms with Crippen molar-refractivity contribution in [3.05, 3.63) is 33.8 Å². The highest BCUT2D eigenvalue weighted by molar-refractivity contribution is 6.34. The van der Waals surface area contributed by atoms with Crippen molar-refractivity contribution < 1.29 is 4.79 Å². The summed E-state index contributed by atoms with van der Waals surface area (Å²) < 4.78 is 0. The van der Waals surface area contributed by atoms with Crippen molar-refractivity contribution in [2.24, 2.45) is 5.92 Å². The summed E-state index contributed by atoms with van der Waals surface area (Å²) in [6.07, 6.45) is 2.60. The highest BCUT2D eigenvalue weighted by Gasteiger charge is 2.20. The predicted octanol–water partition coefficient (Wildman–Crippen LogP) is 2.65. The standard InChI is InChI=1S/C14H18Cl2N2O/c15-12-7-10(8-13(16)9-12)1-6-18-14(19)11-2-4-17-5-3-11/h7-9,11,17H,1-6H2,(H,18,19). The van der Waals surface area contributed by atoms with Crippen LogP contribution in [-0.2, 0) is 11.2 Å². The number of piperidine rings is 1. The molecule has 1 heterocycles. The summed E-state index contributed by atoms with van der Waals surface area (Å²) in [6, 6.07) is 5.47. The molecule has 0 bridgehead atoms. The lowest BCUT2D eigenvalue weighted by Gasteiger charge is -2.21. The topological polar surface area (TPSA) is 41.1 Å². The van der Waals surface area contributed by atoms with Crippen LogP contribution in [0.3, 0.4) is 0 Å². The van der Waals surface area contributed by atoms with E-state index in [0.29, 0.717) is 16.6 Å². The van der Waals surface area contributed by atoms with Crippen LogP contribution in [0.25, 0.3) is 0 Å². The van der Waals surface area contributed by atoms with E-state index in [1.54, 1.807) is 6.07 Å². The van der Waals surface area contributed by atoms with Crippen LogP contribution >= 0.6 is 23.2 Å². The third-order valence-corrected chi connectivity index (χ3v) is 3.78. The minimum atomic E-state index is 0.157. The summed E-state index contributed by atoms with van der Waals surface area (Å²) in [5.74, 6) is 0.318. The average Bonchev–Trinajstić information content (AvgIpc) is 2.38. The van der Waals surface area contributed by atoms with Crippen molar-refractivity contribution in [3.8, 4) is 0 Å². The molecule has 1 aromatic carbocycles. The molecule has 1 amide bonds. The van der Waals surface area contributed by atoms with Gasteiger partial charge in [0.2, 0.25) is 5.91 Å². The lowest BCUT2D eigenvalue weighted by Crippen LogP contribution is -2.38. The van der Waals surface area contributed by atoms with Crippen LogP contribution < -0.4 is 10.6 Å². The molecule has 1 saturated heterocycles. The Morgan fingerprint density at radius 1 is 1.21 bits per heavy atom. The number of carbonyl (C=O) groups is 1. The van der Waals surface area contributed by atoms with Crippen molar-refractivity contribution >= 4 is 29.1 Å². The molecule has 5 heteroatoms. The molecule has 3 nitrogen and oxygen atoms in total. The number of hydrogen-bond donors (Lipinski definition) is 2. The Labute approximate surface area is 123 Å². The first kappa shape index (κ1) is 14.6. The van der Waals surface area contributed by atoms with Crippen LogP contribution in [0.15, 0.2) is 18.2 Å². The summed E-state index contributed by atoms with van der Waals surface area (Å²) in [7, 11) is 0. The Bertz CT molecular complexity index is 425. The number of amides is 1. The normalized spacial score (nSPS) is 16.3. The maximum Gasteiger partial charge on any atom is 0.223 e. The first-order chi connectivity index (χ1) is 9.15. The number of rotatable bonds is 4. The largest absolute Gasteiger partial charge is 0.356 e. The summed E-state index contributed by atoms with van der Waals surface area (Å²) in [6.45, 7) is 2.49. The van der Waals surface area contributed by atoms with Gasteiger partial charge in [0.25, 0.3) is 0 Å². The summed E-state index contributed by atoms with van der Waals surface area (Å²) in [4.78, 5) is 11.9. The molecule has 0 unspecified atom stereocenters. The number of benzene rings is 1. The summed E-state index contributed by atoms with van der Waals surface area (Å²) >= 11 is 11.9. The molecule has 0 atom stereocenters. The Kier molecular flexibility index (Phi) is 5.49. The van der Waals surface area contributed by atoms with Gasteiger partial charge in [0.15, 0.2) is 0 Å². The van der Waals surface area contributed by atoms with E-state index in [0.717, 1.165) is 37.9 Å². The Morgan fingerprint density at radius 2 is 1.84 bits per heavy atom. The fraction of sp³-hybridized carbons (Fsp3) is 0.500. The van der Waals surface area contributed by atoms with Crippen LogP contribution in [0.1, 0.15) is 18.4 Å². The summed E-state index contributed by atoms with van der Waals surface area (Å²) in [5.41, 5.74) is 1.04. The number of hydrogen-bond acceptors (Lipinski definition) is 2. The van der Waals surface area contributed by atoms with Crippen LogP contribution in [0.2, 0.25) is 10.0 Å². The van der Waals surface area contributed by atoms with Gasteiger partial charge in [-0.25, -0.2) is 0 Å². The minimum absolute atomic E-state index is 0.157. The van der Waals surface area contributed by atoms with E-state index in [9.17, 15) is 4.79 Å². The Hall–Kier alpha value is -0.770. The molecule has 1 aliphatic rings. The molecule has 1 fully saturated rings. The molecule has 1 aromatic rings. The van der Waals surface area contributed by atoms with E-state index in [1.165, 1.54) is 0 Å². The number of nitrogens with one attached hydrogen (secondary N) is 2. The number of carbonyl (C=O) groups excluding carboxylic acids is 1. The maximum atomic E-state index is 11.9. The second-order valence-corrected chi connectivity index (χ2v) is 5.72. The van der Waals surface area contributed by atoms with Gasteiger partial charge < -0.3 is 10.6 Å². The van der Waals surface area contributed by atoms with Crippen LogP contribution in [0.5, 0.6) is 0 Å². The second kappa shape index (κ2) is 7.13. The molecule has 0 spiro atoms. The van der Waals surface area contributed by atoms with Gasteiger partial charge in [-0.2, -0.15) is 0 Å². The van der Waals surface area contributed by atoms with Crippen molar-refractivity contribution in [1.82, 2.24) is 10.6 Å². The average molecular weight is 301 g/mol. The third-order valence-electron chi connectivity index (χ3n) is 3.35. The van der Waals surface area contributed by atoms with E-state index in [1.807, 2.05) is 12.1 Å². The maximum absolute atomic E-state index is 11.9. The first-order valence-electron chi connectivity index (χ1n) is 6.58. The fourth-order valence-corrected chi connectivity index (χ4v) is 2.89. The monoisotopic (exact) mass is 300 g/mol. The van der Waals surface area contributed by atoms with E-state index < -0.39 is 0 Å². The molecular weight excluding hydrogens is 283 g/mol. The Morgan fingerprint density at radius 3 is 2.47 bits per heavy atom.